The number of aryl methyl sites for hydroxylation is 1. The van der Waals surface area contributed by atoms with Gasteiger partial charge in [0.25, 0.3) is 0 Å². The third kappa shape index (κ3) is 3.75. The van der Waals surface area contributed by atoms with Gasteiger partial charge in [0, 0.05) is 9.75 Å². The molecule has 0 amide bonds. The van der Waals surface area contributed by atoms with E-state index >= 15 is 0 Å². The zero-order chi connectivity index (χ0) is 20.0. The predicted molar refractivity (Wildman–Crippen MR) is 116 cm³/mol. The molecule has 3 rings (SSSR count). The fourth-order valence-corrected chi connectivity index (χ4v) is 5.43. The van der Waals surface area contributed by atoms with Crippen molar-refractivity contribution in [2.45, 2.75) is 71.6 Å². The van der Waals surface area contributed by atoms with Gasteiger partial charge in [0.15, 0.2) is 0 Å². The number of fused-ring (bicyclic) bond motifs is 1. The van der Waals surface area contributed by atoms with Crippen molar-refractivity contribution in [2.75, 3.05) is 0 Å². The topological polar surface area (TPSA) is 37.3 Å². The molecule has 27 heavy (non-hydrogen) atoms. The van der Waals surface area contributed by atoms with Crippen LogP contribution in [0.15, 0.2) is 24.3 Å². The lowest BCUT2D eigenvalue weighted by molar-refractivity contribution is 0.0695. The summed E-state index contributed by atoms with van der Waals surface area (Å²) < 4.78 is 0. The molecule has 0 saturated carbocycles. The molecule has 144 valence electrons. The fraction of sp³-hybridized carbons (Fsp3) is 0.458. The minimum Gasteiger partial charge on any atom is -0.478 e. The van der Waals surface area contributed by atoms with E-state index in [4.69, 9.17) is 0 Å². The van der Waals surface area contributed by atoms with Crippen molar-refractivity contribution in [1.29, 1.82) is 0 Å². The van der Waals surface area contributed by atoms with Crippen molar-refractivity contribution in [3.05, 3.63) is 56.3 Å². The number of carbonyl (C=O) groups is 1. The molecular weight excluding hydrogens is 352 g/mol. The summed E-state index contributed by atoms with van der Waals surface area (Å²) in [4.78, 5) is 14.2. The molecule has 0 aliphatic heterocycles. The normalized spacial score (nSPS) is 18.2. The highest BCUT2D eigenvalue weighted by Crippen LogP contribution is 2.50. The van der Waals surface area contributed by atoms with Crippen LogP contribution in [0.3, 0.4) is 0 Å². The highest BCUT2D eigenvalue weighted by atomic mass is 32.1. The SMILES string of the molecule is CCc1cc(/C=C(\C)c2cc3c(s2)C(C)(C)CCC3(C)C)ccc1C(=O)O. The molecule has 1 aromatic carbocycles. The zero-order valence-corrected chi connectivity index (χ0v) is 18.1. The average molecular weight is 383 g/mol. The molecule has 1 aliphatic rings. The smallest absolute Gasteiger partial charge is 0.335 e. The van der Waals surface area contributed by atoms with Crippen LogP contribution < -0.4 is 0 Å². The maximum Gasteiger partial charge on any atom is 0.335 e. The van der Waals surface area contributed by atoms with Gasteiger partial charge in [0.05, 0.1) is 5.56 Å². The van der Waals surface area contributed by atoms with E-state index in [1.165, 1.54) is 33.7 Å². The minimum absolute atomic E-state index is 0.235. The molecular formula is C24H30O2S. The third-order valence-corrected chi connectivity index (χ3v) is 7.60. The van der Waals surface area contributed by atoms with Crippen molar-refractivity contribution >= 4 is 29.0 Å². The Morgan fingerprint density at radius 2 is 1.81 bits per heavy atom. The lowest BCUT2D eigenvalue weighted by atomic mass is 9.67. The fourth-order valence-electron chi connectivity index (χ4n) is 3.99. The van der Waals surface area contributed by atoms with Crippen molar-refractivity contribution in [2.24, 2.45) is 0 Å². The summed E-state index contributed by atoms with van der Waals surface area (Å²) in [6, 6.07) is 8.03. The number of allylic oxidation sites excluding steroid dienone is 1. The van der Waals surface area contributed by atoms with E-state index in [2.05, 4.69) is 46.8 Å². The Kier molecular flexibility index (Phi) is 5.11. The molecule has 1 aliphatic carbocycles. The number of carboxylic acid groups (broad SMARTS) is 1. The number of benzene rings is 1. The summed E-state index contributed by atoms with van der Waals surface area (Å²) in [7, 11) is 0. The first-order valence-electron chi connectivity index (χ1n) is 9.75. The Balaban J connectivity index is 2.01. The van der Waals surface area contributed by atoms with Gasteiger partial charge in [-0.15, -0.1) is 11.3 Å². The molecule has 1 aromatic heterocycles. The van der Waals surface area contributed by atoms with Crippen LogP contribution in [0.2, 0.25) is 0 Å². The second kappa shape index (κ2) is 6.94. The van der Waals surface area contributed by atoms with E-state index < -0.39 is 5.97 Å². The van der Waals surface area contributed by atoms with Crippen LogP contribution in [0.1, 0.15) is 91.2 Å². The molecule has 0 saturated heterocycles. The Hall–Kier alpha value is -1.87. The van der Waals surface area contributed by atoms with E-state index in [9.17, 15) is 9.90 Å². The van der Waals surface area contributed by atoms with Gasteiger partial charge in [-0.3, -0.25) is 0 Å². The maximum atomic E-state index is 11.4. The van der Waals surface area contributed by atoms with Gasteiger partial charge in [0.2, 0.25) is 0 Å². The van der Waals surface area contributed by atoms with E-state index in [0.29, 0.717) is 5.56 Å². The molecule has 0 bridgehead atoms. The number of rotatable bonds is 4. The summed E-state index contributed by atoms with van der Waals surface area (Å²) in [5.74, 6) is -0.852. The van der Waals surface area contributed by atoms with Gasteiger partial charge in [-0.1, -0.05) is 52.8 Å². The van der Waals surface area contributed by atoms with Gasteiger partial charge >= 0.3 is 5.97 Å². The lowest BCUT2D eigenvalue weighted by Crippen LogP contribution is -2.31. The number of thiophene rings is 1. The summed E-state index contributed by atoms with van der Waals surface area (Å²) in [6.07, 6.45) is 5.36. The van der Waals surface area contributed by atoms with Gasteiger partial charge in [-0.25, -0.2) is 4.79 Å². The van der Waals surface area contributed by atoms with E-state index in [-0.39, 0.29) is 10.8 Å². The molecule has 0 atom stereocenters. The predicted octanol–water partition coefficient (Wildman–Crippen LogP) is 6.92. The minimum atomic E-state index is -0.852. The number of aromatic carboxylic acids is 1. The standard InChI is InChI=1S/C24H30O2S/c1-7-17-13-16(8-9-18(17)22(25)26)12-15(2)20-14-19-21(27-20)24(5,6)11-10-23(19,3)4/h8-9,12-14H,7,10-11H2,1-6H3,(H,25,26)/b15-12+. The molecule has 0 unspecified atom stereocenters. The molecule has 1 heterocycles. The quantitative estimate of drug-likeness (QED) is 0.623. The molecule has 2 aromatic rings. The number of hydrogen-bond acceptors (Lipinski definition) is 2. The van der Waals surface area contributed by atoms with Crippen LogP contribution in [0.25, 0.3) is 11.6 Å². The molecule has 0 spiro atoms. The van der Waals surface area contributed by atoms with Crippen molar-refractivity contribution in [1.82, 2.24) is 0 Å². The summed E-state index contributed by atoms with van der Waals surface area (Å²) in [5, 5.41) is 9.33. The number of hydrogen-bond donors (Lipinski definition) is 1. The monoisotopic (exact) mass is 382 g/mol. The zero-order valence-electron chi connectivity index (χ0n) is 17.3. The Morgan fingerprint density at radius 3 is 2.41 bits per heavy atom. The molecule has 0 fully saturated rings. The van der Waals surface area contributed by atoms with E-state index in [1.54, 1.807) is 6.07 Å². The van der Waals surface area contributed by atoms with Crippen LogP contribution in [-0.2, 0) is 17.3 Å². The first-order chi connectivity index (χ1) is 12.5. The number of carboxylic acids is 1. The Labute approximate surface area is 166 Å². The van der Waals surface area contributed by atoms with Gasteiger partial charge in [0.1, 0.15) is 0 Å². The molecule has 2 nitrogen and oxygen atoms in total. The van der Waals surface area contributed by atoms with Crippen molar-refractivity contribution < 1.29 is 9.90 Å². The Bertz CT molecular complexity index is 879. The third-order valence-electron chi connectivity index (χ3n) is 5.96. The first kappa shape index (κ1) is 19.9. The Morgan fingerprint density at radius 1 is 1.15 bits per heavy atom. The summed E-state index contributed by atoms with van der Waals surface area (Å²) in [6.45, 7) is 13.6. The van der Waals surface area contributed by atoms with Crippen molar-refractivity contribution in [3.8, 4) is 0 Å². The van der Waals surface area contributed by atoms with E-state index in [0.717, 1.165) is 17.5 Å². The maximum absolute atomic E-state index is 11.4. The van der Waals surface area contributed by atoms with Crippen LogP contribution in [0.4, 0.5) is 0 Å². The van der Waals surface area contributed by atoms with Gasteiger partial charge < -0.3 is 5.11 Å². The highest BCUT2D eigenvalue weighted by molar-refractivity contribution is 7.13. The van der Waals surface area contributed by atoms with Crippen LogP contribution in [0, 0.1) is 0 Å². The second-order valence-corrected chi connectivity index (χ2v) is 10.1. The van der Waals surface area contributed by atoms with Crippen LogP contribution in [-0.4, -0.2) is 11.1 Å². The van der Waals surface area contributed by atoms with Gasteiger partial charge in [-0.05, 0) is 71.4 Å². The second-order valence-electron chi connectivity index (χ2n) is 9.02. The first-order valence-corrected chi connectivity index (χ1v) is 10.6. The summed E-state index contributed by atoms with van der Waals surface area (Å²) >= 11 is 1.93. The summed E-state index contributed by atoms with van der Waals surface area (Å²) in [5.41, 5.74) is 5.58. The molecule has 1 N–H and O–H groups in total. The molecule has 3 heteroatoms. The van der Waals surface area contributed by atoms with E-state index in [1.807, 2.05) is 30.4 Å². The van der Waals surface area contributed by atoms with Gasteiger partial charge in [-0.2, -0.15) is 0 Å². The van der Waals surface area contributed by atoms with Crippen LogP contribution >= 0.6 is 11.3 Å². The average Bonchev–Trinajstić information content (AvgIpc) is 3.07. The lowest BCUT2D eigenvalue weighted by Gasteiger charge is -2.39. The van der Waals surface area contributed by atoms with Crippen molar-refractivity contribution in [3.63, 3.8) is 0 Å². The highest BCUT2D eigenvalue weighted by Gasteiger charge is 2.38. The molecule has 0 radical (unpaired) electrons. The van der Waals surface area contributed by atoms with Crippen LogP contribution in [0.5, 0.6) is 0 Å². The largest absolute Gasteiger partial charge is 0.478 e.